The van der Waals surface area contributed by atoms with E-state index in [1.165, 1.54) is 0 Å². The first-order valence-corrected chi connectivity index (χ1v) is 16.7. The summed E-state index contributed by atoms with van der Waals surface area (Å²) in [6, 6.07) is 23.8. The van der Waals surface area contributed by atoms with Crippen molar-refractivity contribution in [2.24, 2.45) is 0 Å². The van der Waals surface area contributed by atoms with E-state index in [2.05, 4.69) is 45.2 Å². The minimum absolute atomic E-state index is 0.616. The number of carbonyl (C=O) groups is 1. The number of ether oxygens (including phenoxy) is 1. The molecule has 2 N–H and O–H groups in total. The van der Waals surface area contributed by atoms with Crippen LogP contribution in [0.3, 0.4) is 0 Å². The van der Waals surface area contributed by atoms with Crippen LogP contribution in [0.5, 0.6) is 0 Å². The Hall–Kier alpha value is -4.01. The van der Waals surface area contributed by atoms with E-state index < -0.39 is 0 Å². The molecule has 0 radical (unpaired) electrons. The van der Waals surface area contributed by atoms with Crippen molar-refractivity contribution in [3.63, 3.8) is 0 Å². The van der Waals surface area contributed by atoms with Crippen molar-refractivity contribution < 1.29 is 9.53 Å². The molecule has 1 aliphatic rings. The van der Waals surface area contributed by atoms with E-state index in [1.54, 1.807) is 18.0 Å². The maximum Gasteiger partial charge on any atom is 0.150 e. The van der Waals surface area contributed by atoms with Crippen molar-refractivity contribution >= 4 is 63.7 Å². The van der Waals surface area contributed by atoms with Gasteiger partial charge >= 0.3 is 0 Å². The van der Waals surface area contributed by atoms with Gasteiger partial charge in [-0.2, -0.15) is 0 Å². The Balaban J connectivity index is 0.000000244. The molecule has 5 rings (SSSR count). The van der Waals surface area contributed by atoms with Crippen molar-refractivity contribution in [1.82, 2.24) is 10.3 Å². The van der Waals surface area contributed by atoms with Gasteiger partial charge in [0.2, 0.25) is 0 Å². The number of carbonyl (C=O) groups excluding carboxylic acids is 1. The standard InChI is InChI=1S/C16H13ClN2.C11H13NO2S.C7H11N.C4H7Cl/c1-18-12-7-8-14(17)13(10-12)16-9-6-11-4-2-3-5-15(11)19-16;1-9-6-11(3-2-10(9)7-13)12-8-14-4-5-15-12;1-4-5-6-7(2)8-3;1-3-4(2)5/h2-10,18H,1H3;2-3,6-7H,4-5,8H2,1H3;4-6,8H,1-2H2,3H3;3H,1-2H3/b;;6-5-;4-3+. The topological polar surface area (TPSA) is 66.5 Å². The number of para-hydroxylation sites is 1. The second-order valence-electron chi connectivity index (χ2n) is 9.99. The molecule has 3 aromatic carbocycles. The van der Waals surface area contributed by atoms with Crippen LogP contribution in [-0.4, -0.2) is 44.5 Å². The number of nitrogens with zero attached hydrogens (tertiary/aromatic N) is 2. The molecule has 1 saturated heterocycles. The fraction of sp³-hybridized carbons (Fsp3) is 0.211. The molecule has 2 heterocycles. The van der Waals surface area contributed by atoms with Gasteiger partial charge in [0.05, 0.1) is 22.8 Å². The lowest BCUT2D eigenvalue weighted by Gasteiger charge is -2.27. The highest BCUT2D eigenvalue weighted by Gasteiger charge is 2.13. The Labute approximate surface area is 294 Å². The minimum atomic E-state index is 0.616. The lowest BCUT2D eigenvalue weighted by Crippen LogP contribution is -2.25. The normalized spacial score (nSPS) is 12.4. The third-order valence-corrected chi connectivity index (χ3v) is 8.16. The average molecular weight is 692 g/mol. The molecule has 0 atom stereocenters. The smallest absolute Gasteiger partial charge is 0.150 e. The number of rotatable bonds is 7. The summed E-state index contributed by atoms with van der Waals surface area (Å²) in [5.41, 5.74) is 7.59. The van der Waals surface area contributed by atoms with Gasteiger partial charge in [-0.05, 0) is 92.9 Å². The van der Waals surface area contributed by atoms with Gasteiger partial charge in [-0.15, -0.1) is 0 Å². The van der Waals surface area contributed by atoms with Crippen LogP contribution >= 0.6 is 35.1 Å². The van der Waals surface area contributed by atoms with Crippen LogP contribution < -0.4 is 14.9 Å². The van der Waals surface area contributed by atoms with E-state index in [0.717, 1.165) is 74.0 Å². The summed E-state index contributed by atoms with van der Waals surface area (Å²) >= 11 is 13.4. The molecule has 1 aromatic heterocycles. The van der Waals surface area contributed by atoms with Gasteiger partial charge in [-0.1, -0.05) is 78.9 Å². The van der Waals surface area contributed by atoms with Crippen LogP contribution in [0.25, 0.3) is 22.2 Å². The van der Waals surface area contributed by atoms with Crippen molar-refractivity contribution in [3.8, 4) is 11.3 Å². The lowest BCUT2D eigenvalue weighted by molar-refractivity contribution is 0.112. The number of hydrogen-bond donors (Lipinski definition) is 2. The summed E-state index contributed by atoms with van der Waals surface area (Å²) in [6.45, 7) is 14.3. The van der Waals surface area contributed by atoms with E-state index >= 15 is 0 Å². The number of hydrogen-bond acceptors (Lipinski definition) is 7. The van der Waals surface area contributed by atoms with Crippen LogP contribution in [0.1, 0.15) is 29.8 Å². The SMILES string of the molecule is C/C=C(\C)Cl.C=C/C=C\C(=C)NC.CNc1ccc(Cl)c(-c2ccc3ccccc3n2)c1.Cc1cc(N2COCCS2)ccc1C=O. The van der Waals surface area contributed by atoms with E-state index in [9.17, 15) is 4.79 Å². The van der Waals surface area contributed by atoms with Gasteiger partial charge in [0.25, 0.3) is 0 Å². The van der Waals surface area contributed by atoms with Gasteiger partial charge in [0, 0.05) is 58.5 Å². The summed E-state index contributed by atoms with van der Waals surface area (Å²) in [7, 11) is 3.72. The van der Waals surface area contributed by atoms with Gasteiger partial charge in [-0.25, -0.2) is 4.98 Å². The zero-order chi connectivity index (χ0) is 34.6. The molecule has 0 spiro atoms. The molecule has 6 nitrogen and oxygen atoms in total. The molecule has 0 aliphatic carbocycles. The molecule has 9 heteroatoms. The zero-order valence-electron chi connectivity index (χ0n) is 27.7. The number of fused-ring (bicyclic) bond motifs is 1. The maximum absolute atomic E-state index is 10.7. The number of halogens is 2. The maximum atomic E-state index is 10.7. The average Bonchev–Trinajstić information content (AvgIpc) is 3.11. The van der Waals surface area contributed by atoms with E-state index in [1.807, 2.05) is 114 Å². The number of aromatic nitrogens is 1. The first-order valence-electron chi connectivity index (χ1n) is 15.0. The fourth-order valence-electron chi connectivity index (χ4n) is 3.85. The largest absolute Gasteiger partial charge is 0.389 e. The van der Waals surface area contributed by atoms with E-state index in [-0.39, 0.29) is 0 Å². The molecule has 0 amide bonds. The van der Waals surface area contributed by atoms with Crippen molar-refractivity contribution in [2.75, 3.05) is 42.8 Å². The molecule has 1 aliphatic heterocycles. The van der Waals surface area contributed by atoms with Crippen molar-refractivity contribution in [3.05, 3.63) is 137 Å². The van der Waals surface area contributed by atoms with Crippen LogP contribution in [0.4, 0.5) is 11.4 Å². The van der Waals surface area contributed by atoms with Crippen molar-refractivity contribution in [1.29, 1.82) is 0 Å². The van der Waals surface area contributed by atoms with E-state index in [4.69, 9.17) is 27.9 Å². The number of pyridine rings is 1. The minimum Gasteiger partial charge on any atom is -0.389 e. The number of aryl methyl sites for hydroxylation is 1. The highest BCUT2D eigenvalue weighted by molar-refractivity contribution is 8.00. The Kier molecular flexibility index (Phi) is 18.1. The molecule has 248 valence electrons. The second kappa shape index (κ2) is 21.7. The van der Waals surface area contributed by atoms with Crippen LogP contribution in [0, 0.1) is 6.92 Å². The fourth-order valence-corrected chi connectivity index (χ4v) is 4.89. The Morgan fingerprint density at radius 1 is 1.09 bits per heavy atom. The molecule has 1 fully saturated rings. The molecule has 0 unspecified atom stereocenters. The van der Waals surface area contributed by atoms with Crippen molar-refractivity contribution in [2.45, 2.75) is 20.8 Å². The molecule has 4 aromatic rings. The quantitative estimate of drug-likeness (QED) is 0.114. The summed E-state index contributed by atoms with van der Waals surface area (Å²) in [6.07, 6.45) is 8.13. The Morgan fingerprint density at radius 3 is 2.43 bits per heavy atom. The monoisotopic (exact) mass is 690 g/mol. The van der Waals surface area contributed by atoms with Gasteiger partial charge < -0.3 is 15.4 Å². The Bertz CT molecular complexity index is 1660. The lowest BCUT2D eigenvalue weighted by atomic mass is 10.1. The predicted molar refractivity (Wildman–Crippen MR) is 207 cm³/mol. The number of likely N-dealkylation sites (N-methyl/N-ethyl adjacent to an activating group) is 1. The number of allylic oxidation sites excluding steroid dienone is 5. The summed E-state index contributed by atoms with van der Waals surface area (Å²) in [4.78, 5) is 15.3. The van der Waals surface area contributed by atoms with Crippen LogP contribution in [0.2, 0.25) is 5.02 Å². The second-order valence-corrected chi connectivity index (χ2v) is 12.1. The van der Waals surface area contributed by atoms with Gasteiger partial charge in [-0.3, -0.25) is 9.10 Å². The molecular formula is C38H44Cl2N4O2S. The highest BCUT2D eigenvalue weighted by atomic mass is 35.5. The highest BCUT2D eigenvalue weighted by Crippen LogP contribution is 2.30. The number of anilines is 2. The van der Waals surface area contributed by atoms with E-state index in [0.29, 0.717) is 11.8 Å². The zero-order valence-corrected chi connectivity index (χ0v) is 30.1. The number of benzene rings is 3. The number of aldehydes is 1. The number of nitrogens with one attached hydrogen (secondary N) is 2. The van der Waals surface area contributed by atoms with Gasteiger partial charge in [0.15, 0.2) is 0 Å². The summed E-state index contributed by atoms with van der Waals surface area (Å²) in [5.74, 6) is 0.981. The molecule has 0 bridgehead atoms. The molecule has 47 heavy (non-hydrogen) atoms. The first kappa shape index (κ1) is 39.2. The summed E-state index contributed by atoms with van der Waals surface area (Å²) < 4.78 is 7.47. The Morgan fingerprint density at radius 2 is 1.83 bits per heavy atom. The molecular weight excluding hydrogens is 647 g/mol. The third kappa shape index (κ3) is 13.7. The van der Waals surface area contributed by atoms with Crippen LogP contribution in [0.15, 0.2) is 121 Å². The van der Waals surface area contributed by atoms with Gasteiger partial charge in [0.1, 0.15) is 13.0 Å². The van der Waals surface area contributed by atoms with Crippen LogP contribution in [-0.2, 0) is 4.74 Å². The predicted octanol–water partition coefficient (Wildman–Crippen LogP) is 10.5. The summed E-state index contributed by atoms with van der Waals surface area (Å²) in [5, 5.41) is 8.68. The first-order chi connectivity index (χ1) is 22.7. The molecule has 0 saturated carbocycles. The third-order valence-electron chi connectivity index (χ3n) is 6.63.